The minimum Gasteiger partial charge on any atom is -0.309 e. The lowest BCUT2D eigenvalue weighted by Gasteiger charge is -2.09. The summed E-state index contributed by atoms with van der Waals surface area (Å²) >= 11 is 1.29. The topological polar surface area (TPSA) is 88.0 Å². The zero-order valence-corrected chi connectivity index (χ0v) is 15.4. The minimum absolute atomic E-state index is 0.249. The second-order valence-electron chi connectivity index (χ2n) is 6.59. The summed E-state index contributed by atoms with van der Waals surface area (Å²) in [4.78, 5) is 16.7. The Labute approximate surface area is 161 Å². The first kappa shape index (κ1) is 17.1. The number of fused-ring (bicyclic) bond motifs is 2. The molecular formula is C18H14F2N6OS. The van der Waals surface area contributed by atoms with Gasteiger partial charge in [0.2, 0.25) is 5.91 Å². The quantitative estimate of drug-likeness (QED) is 0.513. The van der Waals surface area contributed by atoms with Crippen LogP contribution in [-0.2, 0) is 4.79 Å². The molecule has 1 aliphatic rings. The predicted molar refractivity (Wildman–Crippen MR) is 101 cm³/mol. The average molecular weight is 400 g/mol. The molecule has 0 radical (unpaired) electrons. The van der Waals surface area contributed by atoms with Crippen molar-refractivity contribution in [1.82, 2.24) is 24.8 Å². The summed E-state index contributed by atoms with van der Waals surface area (Å²) in [6, 6.07) is 4.89. The van der Waals surface area contributed by atoms with Gasteiger partial charge in [-0.25, -0.2) is 18.3 Å². The van der Waals surface area contributed by atoms with E-state index in [9.17, 15) is 13.6 Å². The summed E-state index contributed by atoms with van der Waals surface area (Å²) < 4.78 is 29.1. The predicted octanol–water partition coefficient (Wildman–Crippen LogP) is 3.43. The molecule has 1 saturated carbocycles. The standard InChI is InChI=1S/C18H14F2N6OS/c1-28-17-11(20)5-13-9(6-21-24-13)16(17)12-2-3-15-22-14(7-26(15)25-12)23-18(27)8-4-10(8)19/h2-3,5-8,10H,4H2,1H3,(H,21,24)(H,23,27). The normalized spacial score (nSPS) is 18.7. The zero-order valence-electron chi connectivity index (χ0n) is 14.6. The van der Waals surface area contributed by atoms with Crippen molar-refractivity contribution in [2.24, 2.45) is 5.92 Å². The molecule has 28 heavy (non-hydrogen) atoms. The largest absolute Gasteiger partial charge is 0.309 e. The number of hydrogen-bond acceptors (Lipinski definition) is 5. The van der Waals surface area contributed by atoms with Crippen LogP contribution in [0.1, 0.15) is 6.42 Å². The molecule has 3 heterocycles. The Morgan fingerprint density at radius 3 is 3.00 bits per heavy atom. The van der Waals surface area contributed by atoms with Crippen LogP contribution in [0.25, 0.3) is 27.8 Å². The summed E-state index contributed by atoms with van der Waals surface area (Å²) in [7, 11) is 0. The van der Waals surface area contributed by atoms with Crippen molar-refractivity contribution < 1.29 is 13.6 Å². The molecular weight excluding hydrogens is 386 g/mol. The molecule has 2 unspecified atom stereocenters. The number of carbonyl (C=O) groups is 1. The molecule has 5 rings (SSSR count). The molecule has 1 fully saturated rings. The van der Waals surface area contributed by atoms with Gasteiger partial charge >= 0.3 is 0 Å². The third-order valence-electron chi connectivity index (χ3n) is 4.73. The Morgan fingerprint density at radius 2 is 2.25 bits per heavy atom. The highest BCUT2D eigenvalue weighted by Crippen LogP contribution is 2.37. The van der Waals surface area contributed by atoms with Crippen molar-refractivity contribution in [3.8, 4) is 11.3 Å². The van der Waals surface area contributed by atoms with Gasteiger partial charge in [0, 0.05) is 17.0 Å². The number of rotatable bonds is 4. The molecule has 10 heteroatoms. The summed E-state index contributed by atoms with van der Waals surface area (Å²) in [6.07, 6.45) is 4.17. The molecule has 142 valence electrons. The van der Waals surface area contributed by atoms with Gasteiger partial charge in [0.05, 0.1) is 34.4 Å². The average Bonchev–Trinajstić information content (AvgIpc) is 3.05. The lowest BCUT2D eigenvalue weighted by molar-refractivity contribution is -0.117. The number of amides is 1. The fourth-order valence-corrected chi connectivity index (χ4v) is 3.90. The fourth-order valence-electron chi connectivity index (χ4n) is 3.22. The zero-order chi connectivity index (χ0) is 19.4. The number of nitrogens with one attached hydrogen (secondary N) is 2. The van der Waals surface area contributed by atoms with Gasteiger partial charge in [0.25, 0.3) is 0 Å². The van der Waals surface area contributed by atoms with E-state index in [1.807, 2.05) is 0 Å². The van der Waals surface area contributed by atoms with Crippen LogP contribution in [0.5, 0.6) is 0 Å². The third-order valence-corrected chi connectivity index (χ3v) is 5.54. The lowest BCUT2D eigenvalue weighted by atomic mass is 10.1. The Morgan fingerprint density at radius 1 is 1.43 bits per heavy atom. The maximum atomic E-state index is 14.5. The van der Waals surface area contributed by atoms with Gasteiger partial charge in [0.15, 0.2) is 11.5 Å². The number of aromatic nitrogens is 5. The number of imidazole rings is 1. The number of H-pyrrole nitrogens is 1. The van der Waals surface area contributed by atoms with Gasteiger partial charge in [-0.1, -0.05) is 0 Å². The molecule has 3 aromatic heterocycles. The molecule has 0 saturated heterocycles. The van der Waals surface area contributed by atoms with Crippen LogP contribution in [-0.4, -0.2) is 43.1 Å². The van der Waals surface area contributed by atoms with Crippen LogP contribution in [0.3, 0.4) is 0 Å². The first-order valence-corrected chi connectivity index (χ1v) is 9.79. The van der Waals surface area contributed by atoms with Crippen LogP contribution < -0.4 is 5.32 Å². The van der Waals surface area contributed by atoms with E-state index in [1.54, 1.807) is 30.8 Å². The highest BCUT2D eigenvalue weighted by Gasteiger charge is 2.43. The van der Waals surface area contributed by atoms with E-state index >= 15 is 0 Å². The summed E-state index contributed by atoms with van der Waals surface area (Å²) in [5.41, 5.74) is 2.27. The van der Waals surface area contributed by atoms with E-state index in [0.717, 1.165) is 5.39 Å². The second-order valence-corrected chi connectivity index (χ2v) is 7.41. The molecule has 1 amide bonds. The maximum Gasteiger partial charge on any atom is 0.231 e. The number of nitrogens with zero attached hydrogens (tertiary/aromatic N) is 4. The Balaban J connectivity index is 1.58. The highest BCUT2D eigenvalue weighted by atomic mass is 32.2. The molecule has 1 aliphatic carbocycles. The number of aromatic amines is 1. The Hall–Kier alpha value is -3.01. The van der Waals surface area contributed by atoms with Crippen molar-refractivity contribution in [2.45, 2.75) is 17.5 Å². The van der Waals surface area contributed by atoms with Gasteiger partial charge in [-0.2, -0.15) is 10.2 Å². The molecule has 7 nitrogen and oxygen atoms in total. The third kappa shape index (κ3) is 2.71. The number of benzene rings is 1. The Bertz CT molecular complexity index is 1240. The number of halogens is 2. The van der Waals surface area contributed by atoms with Gasteiger partial charge < -0.3 is 5.32 Å². The smallest absolute Gasteiger partial charge is 0.231 e. The van der Waals surface area contributed by atoms with Crippen molar-refractivity contribution >= 4 is 40.0 Å². The summed E-state index contributed by atoms with van der Waals surface area (Å²) in [5, 5.41) is 14.7. The molecule has 0 spiro atoms. The van der Waals surface area contributed by atoms with E-state index < -0.39 is 12.1 Å². The van der Waals surface area contributed by atoms with Gasteiger partial charge in [-0.05, 0) is 24.8 Å². The fraction of sp³-hybridized carbons (Fsp3) is 0.222. The van der Waals surface area contributed by atoms with E-state index in [-0.39, 0.29) is 18.1 Å². The van der Waals surface area contributed by atoms with Crippen molar-refractivity contribution in [1.29, 1.82) is 0 Å². The maximum absolute atomic E-state index is 14.5. The van der Waals surface area contributed by atoms with Crippen LogP contribution in [0, 0.1) is 11.7 Å². The summed E-state index contributed by atoms with van der Waals surface area (Å²) in [5.74, 6) is -1.04. The molecule has 2 atom stereocenters. The summed E-state index contributed by atoms with van der Waals surface area (Å²) in [6.45, 7) is 0. The van der Waals surface area contributed by atoms with Crippen molar-refractivity contribution in [2.75, 3.05) is 11.6 Å². The molecule has 4 aromatic rings. The number of hydrogen-bond donors (Lipinski definition) is 2. The lowest BCUT2D eigenvalue weighted by Crippen LogP contribution is -2.15. The van der Waals surface area contributed by atoms with Crippen LogP contribution in [0.4, 0.5) is 14.6 Å². The minimum atomic E-state index is -1.07. The van der Waals surface area contributed by atoms with Crippen molar-refractivity contribution in [3.63, 3.8) is 0 Å². The molecule has 1 aromatic carbocycles. The molecule has 0 bridgehead atoms. The van der Waals surface area contributed by atoms with Gasteiger partial charge in [-0.15, -0.1) is 11.8 Å². The SMILES string of the molecule is CSc1c(F)cc2[nH]ncc2c1-c1ccc2nc(NC(=O)C3CC3F)cn2n1. The molecule has 0 aliphatic heterocycles. The Kier molecular flexibility index (Phi) is 3.83. The van der Waals surface area contributed by atoms with Crippen LogP contribution >= 0.6 is 11.8 Å². The van der Waals surface area contributed by atoms with E-state index in [1.165, 1.54) is 22.3 Å². The van der Waals surface area contributed by atoms with Crippen molar-refractivity contribution in [3.05, 3.63) is 36.4 Å². The molecule has 2 N–H and O–H groups in total. The van der Waals surface area contributed by atoms with E-state index in [2.05, 4.69) is 25.6 Å². The van der Waals surface area contributed by atoms with Gasteiger partial charge in [-0.3, -0.25) is 9.89 Å². The number of thioether (sulfide) groups is 1. The highest BCUT2D eigenvalue weighted by molar-refractivity contribution is 7.98. The number of anilines is 1. The van der Waals surface area contributed by atoms with E-state index in [0.29, 0.717) is 33.1 Å². The van der Waals surface area contributed by atoms with Crippen LogP contribution in [0.2, 0.25) is 0 Å². The van der Waals surface area contributed by atoms with E-state index in [4.69, 9.17) is 0 Å². The monoisotopic (exact) mass is 400 g/mol. The second kappa shape index (κ2) is 6.26. The first-order valence-electron chi connectivity index (χ1n) is 8.56. The van der Waals surface area contributed by atoms with Crippen LogP contribution in [0.15, 0.2) is 35.5 Å². The first-order chi connectivity index (χ1) is 13.5. The number of alkyl halides is 1. The number of carbonyl (C=O) groups excluding carboxylic acids is 1. The van der Waals surface area contributed by atoms with Gasteiger partial charge in [0.1, 0.15) is 12.0 Å².